The Morgan fingerprint density at radius 2 is 2.48 bits per heavy atom. The number of likely N-dealkylation sites (tertiary alicyclic amines) is 1. The molecule has 2 amide bonds. The lowest BCUT2D eigenvalue weighted by Crippen LogP contribution is -2.44. The number of carbonyl (C=O) groups excluding carboxylic acids is 1. The van der Waals surface area contributed by atoms with Gasteiger partial charge in [0.25, 0.3) is 0 Å². The van der Waals surface area contributed by atoms with E-state index in [1.165, 1.54) is 0 Å². The quantitative estimate of drug-likeness (QED) is 0.906. The van der Waals surface area contributed by atoms with Gasteiger partial charge >= 0.3 is 6.03 Å². The Morgan fingerprint density at radius 1 is 1.57 bits per heavy atom. The zero-order chi connectivity index (χ0) is 14.7. The predicted molar refractivity (Wildman–Crippen MR) is 75.4 cm³/mol. The van der Waals surface area contributed by atoms with Crippen molar-refractivity contribution in [1.82, 2.24) is 25.3 Å². The van der Waals surface area contributed by atoms with Crippen LogP contribution in [0.1, 0.15) is 42.6 Å². The van der Waals surface area contributed by atoms with E-state index in [1.807, 2.05) is 17.9 Å². The Hall–Kier alpha value is -2.31. The third kappa shape index (κ3) is 3.07. The van der Waals surface area contributed by atoms with Crippen LogP contribution in [-0.2, 0) is 6.54 Å². The summed E-state index contributed by atoms with van der Waals surface area (Å²) in [5.41, 5.74) is 0.811. The number of aromatic nitrogens is 3. The van der Waals surface area contributed by atoms with E-state index < -0.39 is 0 Å². The van der Waals surface area contributed by atoms with Crippen LogP contribution in [0.5, 0.6) is 0 Å². The standard InChI is InChI=1S/C14H19N5O2/c1-10-8-11(21-18-10)9-17-14(20)19-7-3-2-4-12(19)13-15-5-6-16-13/h5-6,8,12H,2-4,7,9H2,1H3,(H,15,16)(H,17,20). The van der Waals surface area contributed by atoms with Gasteiger partial charge < -0.3 is 19.7 Å². The number of aryl methyl sites for hydroxylation is 1. The summed E-state index contributed by atoms with van der Waals surface area (Å²) in [5, 5.41) is 6.69. The molecule has 2 N–H and O–H groups in total. The average Bonchev–Trinajstić information content (AvgIpc) is 3.16. The predicted octanol–water partition coefficient (Wildman–Crippen LogP) is 2.14. The number of aromatic amines is 1. The second-order valence-electron chi connectivity index (χ2n) is 5.27. The summed E-state index contributed by atoms with van der Waals surface area (Å²) in [5.74, 6) is 1.51. The molecule has 0 saturated carbocycles. The number of hydrogen-bond acceptors (Lipinski definition) is 4. The zero-order valence-corrected chi connectivity index (χ0v) is 12.0. The molecule has 1 aliphatic heterocycles. The monoisotopic (exact) mass is 289 g/mol. The van der Waals surface area contributed by atoms with E-state index in [9.17, 15) is 4.79 Å². The number of hydrogen-bond donors (Lipinski definition) is 2. The van der Waals surface area contributed by atoms with Gasteiger partial charge in [0, 0.05) is 25.0 Å². The molecular formula is C14H19N5O2. The first kappa shape index (κ1) is 13.7. The molecule has 2 aromatic rings. The van der Waals surface area contributed by atoms with Crippen molar-refractivity contribution in [2.45, 2.75) is 38.8 Å². The number of nitrogens with one attached hydrogen (secondary N) is 2. The molecular weight excluding hydrogens is 270 g/mol. The van der Waals surface area contributed by atoms with Crippen molar-refractivity contribution in [2.75, 3.05) is 6.54 Å². The first-order chi connectivity index (χ1) is 10.2. The van der Waals surface area contributed by atoms with Gasteiger partial charge in [-0.1, -0.05) is 5.16 Å². The van der Waals surface area contributed by atoms with E-state index >= 15 is 0 Å². The molecule has 7 nitrogen and oxygen atoms in total. The van der Waals surface area contributed by atoms with Crippen molar-refractivity contribution in [3.8, 4) is 0 Å². The highest BCUT2D eigenvalue weighted by Crippen LogP contribution is 2.28. The molecule has 21 heavy (non-hydrogen) atoms. The van der Waals surface area contributed by atoms with Crippen LogP contribution in [0.3, 0.4) is 0 Å². The van der Waals surface area contributed by atoms with Crippen LogP contribution < -0.4 is 5.32 Å². The summed E-state index contributed by atoms with van der Waals surface area (Å²) in [6.07, 6.45) is 6.57. The molecule has 1 aliphatic rings. The van der Waals surface area contributed by atoms with E-state index in [2.05, 4.69) is 20.4 Å². The van der Waals surface area contributed by atoms with E-state index in [4.69, 9.17) is 4.52 Å². The summed E-state index contributed by atoms with van der Waals surface area (Å²) in [6.45, 7) is 2.94. The number of carbonyl (C=O) groups is 1. The van der Waals surface area contributed by atoms with Crippen molar-refractivity contribution < 1.29 is 9.32 Å². The van der Waals surface area contributed by atoms with Crippen molar-refractivity contribution in [3.63, 3.8) is 0 Å². The fourth-order valence-corrected chi connectivity index (χ4v) is 2.68. The highest BCUT2D eigenvalue weighted by molar-refractivity contribution is 5.74. The highest BCUT2D eigenvalue weighted by atomic mass is 16.5. The van der Waals surface area contributed by atoms with Gasteiger partial charge in [-0.25, -0.2) is 9.78 Å². The molecule has 1 atom stereocenters. The summed E-state index contributed by atoms with van der Waals surface area (Å²) in [6, 6.07) is 1.75. The number of rotatable bonds is 3. The maximum atomic E-state index is 12.4. The minimum absolute atomic E-state index is 0.0187. The summed E-state index contributed by atoms with van der Waals surface area (Å²) in [4.78, 5) is 21.6. The summed E-state index contributed by atoms with van der Waals surface area (Å²) in [7, 11) is 0. The molecule has 112 valence electrons. The van der Waals surface area contributed by atoms with Gasteiger partial charge in [0.2, 0.25) is 0 Å². The second kappa shape index (κ2) is 5.99. The SMILES string of the molecule is Cc1cc(CNC(=O)N2CCCCC2c2ncc[nH]2)on1. The Labute approximate surface area is 122 Å². The summed E-state index contributed by atoms with van der Waals surface area (Å²) < 4.78 is 5.10. The lowest BCUT2D eigenvalue weighted by atomic mass is 10.0. The van der Waals surface area contributed by atoms with Crippen molar-refractivity contribution in [3.05, 3.63) is 35.7 Å². The molecule has 1 unspecified atom stereocenters. The van der Waals surface area contributed by atoms with Crippen LogP contribution in [0.2, 0.25) is 0 Å². The Balaban J connectivity index is 1.64. The Morgan fingerprint density at radius 3 is 3.19 bits per heavy atom. The van der Waals surface area contributed by atoms with Gasteiger partial charge in [-0.3, -0.25) is 0 Å². The molecule has 0 radical (unpaired) electrons. The van der Waals surface area contributed by atoms with Crippen molar-refractivity contribution in [2.24, 2.45) is 0 Å². The van der Waals surface area contributed by atoms with Gasteiger partial charge in [-0.15, -0.1) is 0 Å². The number of imidazole rings is 1. The summed E-state index contributed by atoms with van der Waals surface area (Å²) >= 11 is 0. The fraction of sp³-hybridized carbons (Fsp3) is 0.500. The second-order valence-corrected chi connectivity index (χ2v) is 5.27. The molecule has 1 fully saturated rings. The van der Waals surface area contributed by atoms with Gasteiger partial charge in [-0.05, 0) is 26.2 Å². The first-order valence-corrected chi connectivity index (χ1v) is 7.20. The topological polar surface area (TPSA) is 87.0 Å². The molecule has 0 spiro atoms. The molecule has 3 heterocycles. The zero-order valence-electron chi connectivity index (χ0n) is 12.0. The number of piperidine rings is 1. The largest absolute Gasteiger partial charge is 0.359 e. The van der Waals surface area contributed by atoms with Crippen LogP contribution >= 0.6 is 0 Å². The van der Waals surface area contributed by atoms with Gasteiger partial charge in [-0.2, -0.15) is 0 Å². The smallest absolute Gasteiger partial charge is 0.318 e. The van der Waals surface area contributed by atoms with Crippen LogP contribution in [-0.4, -0.2) is 32.6 Å². The highest BCUT2D eigenvalue weighted by Gasteiger charge is 2.29. The third-order valence-electron chi connectivity index (χ3n) is 3.69. The molecule has 0 bridgehead atoms. The maximum absolute atomic E-state index is 12.4. The van der Waals surface area contributed by atoms with Gasteiger partial charge in [0.05, 0.1) is 18.3 Å². The van der Waals surface area contributed by atoms with E-state index in [0.29, 0.717) is 12.3 Å². The molecule has 3 rings (SSSR count). The van der Waals surface area contributed by atoms with Crippen molar-refractivity contribution in [1.29, 1.82) is 0 Å². The van der Waals surface area contributed by atoms with E-state index in [1.54, 1.807) is 12.4 Å². The number of nitrogens with zero attached hydrogens (tertiary/aromatic N) is 3. The molecule has 0 aromatic carbocycles. The Bertz CT molecular complexity index is 592. The molecule has 1 saturated heterocycles. The Kier molecular flexibility index (Phi) is 3.89. The minimum Gasteiger partial charge on any atom is -0.359 e. The lowest BCUT2D eigenvalue weighted by molar-refractivity contribution is 0.146. The number of amides is 2. The normalized spacial score (nSPS) is 18.7. The van der Waals surface area contributed by atoms with Crippen molar-refractivity contribution >= 4 is 6.03 Å². The number of urea groups is 1. The van der Waals surface area contributed by atoms with E-state index in [-0.39, 0.29) is 12.1 Å². The third-order valence-corrected chi connectivity index (χ3v) is 3.69. The van der Waals surface area contributed by atoms with Crippen LogP contribution in [0, 0.1) is 6.92 Å². The minimum atomic E-state index is -0.0925. The molecule has 2 aromatic heterocycles. The van der Waals surface area contributed by atoms with Gasteiger partial charge in [0.15, 0.2) is 5.76 Å². The van der Waals surface area contributed by atoms with Crippen LogP contribution in [0.4, 0.5) is 4.79 Å². The average molecular weight is 289 g/mol. The fourth-order valence-electron chi connectivity index (χ4n) is 2.68. The maximum Gasteiger partial charge on any atom is 0.318 e. The van der Waals surface area contributed by atoms with E-state index in [0.717, 1.165) is 37.3 Å². The van der Waals surface area contributed by atoms with Gasteiger partial charge in [0.1, 0.15) is 5.82 Å². The van der Waals surface area contributed by atoms with Crippen LogP contribution in [0.25, 0.3) is 0 Å². The first-order valence-electron chi connectivity index (χ1n) is 7.20. The van der Waals surface area contributed by atoms with Crippen LogP contribution in [0.15, 0.2) is 23.0 Å². The number of H-pyrrole nitrogens is 1. The molecule has 0 aliphatic carbocycles. The lowest BCUT2D eigenvalue weighted by Gasteiger charge is -2.34. The molecule has 7 heteroatoms.